The molecule has 0 unspecified atom stereocenters. The standard InChI is InChI=1S/C34H30N2O2/c1-3-20-10-7-14-24-30(20)35-26-16-17-27(29-28(26)32(37)22-12-5-6-13-23(22)33(29)38)36-31-21(4-2)11-8-15-25(31)34(24)18-9-19-34/h5-8,10-17,35-36H,3-4,9,18-19H2,1-2H3. The second-order valence-corrected chi connectivity index (χ2v) is 10.7. The van der Waals surface area contributed by atoms with Crippen LogP contribution >= 0.6 is 0 Å². The molecule has 0 radical (unpaired) electrons. The van der Waals surface area contributed by atoms with Crippen LogP contribution < -0.4 is 10.6 Å². The summed E-state index contributed by atoms with van der Waals surface area (Å²) in [5.74, 6) is -0.225. The molecule has 1 aliphatic heterocycles. The van der Waals surface area contributed by atoms with Crippen molar-refractivity contribution < 1.29 is 9.59 Å². The number of ketones is 2. The van der Waals surface area contributed by atoms with E-state index in [4.69, 9.17) is 0 Å². The third kappa shape index (κ3) is 3.03. The highest BCUT2D eigenvalue weighted by Gasteiger charge is 2.45. The van der Waals surface area contributed by atoms with Crippen LogP contribution in [-0.2, 0) is 18.3 Å². The smallest absolute Gasteiger partial charge is 0.196 e. The molecule has 2 N–H and O–H groups in total. The van der Waals surface area contributed by atoms with Crippen LogP contribution in [0, 0.1) is 0 Å². The summed E-state index contributed by atoms with van der Waals surface area (Å²) in [7, 11) is 0. The van der Waals surface area contributed by atoms with Gasteiger partial charge in [0.15, 0.2) is 11.6 Å². The SMILES string of the molecule is CCc1cccc2c1Nc1ccc(c3c1C(=O)c1ccccc1C3=O)Nc1c(CC)cccc1C21CCC1. The van der Waals surface area contributed by atoms with Gasteiger partial charge >= 0.3 is 0 Å². The summed E-state index contributed by atoms with van der Waals surface area (Å²) in [6.07, 6.45) is 5.01. The van der Waals surface area contributed by atoms with E-state index >= 15 is 0 Å². The lowest BCUT2D eigenvalue weighted by atomic mass is 9.59. The van der Waals surface area contributed by atoms with Crippen molar-refractivity contribution in [1.82, 2.24) is 0 Å². The van der Waals surface area contributed by atoms with Crippen LogP contribution in [0.4, 0.5) is 22.7 Å². The van der Waals surface area contributed by atoms with Crippen molar-refractivity contribution in [3.8, 4) is 0 Å². The van der Waals surface area contributed by atoms with E-state index in [-0.39, 0.29) is 17.0 Å². The van der Waals surface area contributed by atoms with Crippen molar-refractivity contribution in [1.29, 1.82) is 0 Å². The predicted octanol–water partition coefficient (Wildman–Crippen LogP) is 7.86. The number of carbonyl (C=O) groups is 2. The van der Waals surface area contributed by atoms with Crippen LogP contribution in [0.1, 0.15) is 87.2 Å². The largest absolute Gasteiger partial charge is 0.354 e. The van der Waals surface area contributed by atoms with Gasteiger partial charge in [-0.25, -0.2) is 0 Å². The number of nitrogens with one attached hydrogen (secondary N) is 2. The summed E-state index contributed by atoms with van der Waals surface area (Å²) in [6.45, 7) is 4.34. The Labute approximate surface area is 223 Å². The zero-order valence-corrected chi connectivity index (χ0v) is 21.8. The highest BCUT2D eigenvalue weighted by molar-refractivity contribution is 6.32. The summed E-state index contributed by atoms with van der Waals surface area (Å²) < 4.78 is 0. The van der Waals surface area contributed by atoms with E-state index in [9.17, 15) is 9.59 Å². The van der Waals surface area contributed by atoms with Gasteiger partial charge in [0.25, 0.3) is 0 Å². The molecule has 0 amide bonds. The number of benzene rings is 4. The average molecular weight is 499 g/mol. The molecule has 1 spiro atoms. The second-order valence-electron chi connectivity index (χ2n) is 10.7. The van der Waals surface area contributed by atoms with E-state index in [0.717, 1.165) is 43.5 Å². The van der Waals surface area contributed by atoms with E-state index in [1.165, 1.54) is 22.3 Å². The molecule has 7 rings (SSSR count). The molecule has 0 atom stereocenters. The first-order chi connectivity index (χ1) is 18.6. The summed E-state index contributed by atoms with van der Waals surface area (Å²) in [5, 5.41) is 7.45. The van der Waals surface area contributed by atoms with E-state index < -0.39 is 0 Å². The van der Waals surface area contributed by atoms with Crippen LogP contribution in [0.5, 0.6) is 0 Å². The van der Waals surface area contributed by atoms with Gasteiger partial charge in [0, 0.05) is 27.9 Å². The van der Waals surface area contributed by atoms with Crippen LogP contribution in [0.3, 0.4) is 0 Å². The van der Waals surface area contributed by atoms with Gasteiger partial charge in [-0.3, -0.25) is 9.59 Å². The maximum absolute atomic E-state index is 14.0. The molecule has 38 heavy (non-hydrogen) atoms. The van der Waals surface area contributed by atoms with Gasteiger partial charge in [-0.15, -0.1) is 0 Å². The lowest BCUT2D eigenvalue weighted by molar-refractivity contribution is 0.0980. The lowest BCUT2D eigenvalue weighted by Gasteiger charge is -2.45. The van der Waals surface area contributed by atoms with Crippen LogP contribution in [0.15, 0.2) is 72.8 Å². The zero-order chi connectivity index (χ0) is 26.0. The van der Waals surface area contributed by atoms with Gasteiger partial charge in [0.05, 0.1) is 22.5 Å². The van der Waals surface area contributed by atoms with E-state index in [1.807, 2.05) is 24.3 Å². The molecule has 1 saturated carbocycles. The predicted molar refractivity (Wildman–Crippen MR) is 153 cm³/mol. The Hall–Kier alpha value is -4.18. The third-order valence-corrected chi connectivity index (χ3v) is 8.90. The van der Waals surface area contributed by atoms with Gasteiger partial charge in [-0.2, -0.15) is 0 Å². The van der Waals surface area contributed by atoms with Crippen molar-refractivity contribution >= 4 is 34.3 Å². The Morgan fingerprint density at radius 1 is 0.632 bits per heavy atom. The minimum Gasteiger partial charge on any atom is -0.354 e. The molecule has 4 nitrogen and oxygen atoms in total. The van der Waals surface area contributed by atoms with Crippen LogP contribution in [-0.4, -0.2) is 11.6 Å². The normalized spacial score (nSPS) is 16.3. The Balaban J connectivity index is 1.60. The van der Waals surface area contributed by atoms with E-state index in [1.54, 1.807) is 12.1 Å². The van der Waals surface area contributed by atoms with Crippen molar-refractivity contribution in [2.24, 2.45) is 0 Å². The van der Waals surface area contributed by atoms with Crippen LogP contribution in [0.25, 0.3) is 0 Å². The van der Waals surface area contributed by atoms with Crippen molar-refractivity contribution in [3.05, 3.63) is 117 Å². The zero-order valence-electron chi connectivity index (χ0n) is 21.8. The fourth-order valence-corrected chi connectivity index (χ4v) is 6.80. The quantitative estimate of drug-likeness (QED) is 0.260. The Morgan fingerprint density at radius 2 is 1.11 bits per heavy atom. The number of para-hydroxylation sites is 2. The first kappa shape index (κ1) is 23.0. The first-order valence-corrected chi connectivity index (χ1v) is 13.7. The van der Waals surface area contributed by atoms with Gasteiger partial charge in [-0.1, -0.05) is 80.9 Å². The van der Waals surface area contributed by atoms with E-state index in [2.05, 4.69) is 60.9 Å². The molecular formula is C34H30N2O2. The maximum atomic E-state index is 14.0. The van der Waals surface area contributed by atoms with Gasteiger partial charge in [-0.05, 0) is 60.1 Å². The van der Waals surface area contributed by atoms with Gasteiger partial charge in [0.1, 0.15) is 0 Å². The molecule has 1 heterocycles. The Bertz CT molecular complexity index is 1540. The molecule has 4 aromatic rings. The molecule has 2 bridgehead atoms. The number of hydrogen-bond donors (Lipinski definition) is 2. The first-order valence-electron chi connectivity index (χ1n) is 13.7. The molecule has 1 fully saturated rings. The summed E-state index contributed by atoms with van der Waals surface area (Å²) in [5.41, 5.74) is 10.2. The summed E-state index contributed by atoms with van der Waals surface area (Å²) in [6, 6.07) is 24.3. The Kier molecular flexibility index (Phi) is 5.09. The molecular weight excluding hydrogens is 468 g/mol. The van der Waals surface area contributed by atoms with Crippen molar-refractivity contribution in [2.75, 3.05) is 10.6 Å². The van der Waals surface area contributed by atoms with Crippen LogP contribution in [0.2, 0.25) is 0 Å². The number of anilines is 4. The average Bonchev–Trinajstić information content (AvgIpc) is 2.96. The lowest BCUT2D eigenvalue weighted by Crippen LogP contribution is -2.37. The molecule has 4 aromatic carbocycles. The van der Waals surface area contributed by atoms with Crippen molar-refractivity contribution in [3.63, 3.8) is 0 Å². The number of carbonyl (C=O) groups excluding carboxylic acids is 2. The van der Waals surface area contributed by atoms with Gasteiger partial charge < -0.3 is 10.6 Å². The summed E-state index contributed by atoms with van der Waals surface area (Å²) >= 11 is 0. The third-order valence-electron chi connectivity index (χ3n) is 8.90. The molecule has 0 saturated heterocycles. The fourth-order valence-electron chi connectivity index (χ4n) is 6.80. The molecule has 188 valence electrons. The second kappa shape index (κ2) is 8.42. The van der Waals surface area contributed by atoms with Crippen molar-refractivity contribution in [2.45, 2.75) is 51.4 Å². The minimum absolute atomic E-state index is 0.113. The number of hydrogen-bond acceptors (Lipinski definition) is 4. The number of aryl methyl sites for hydroxylation is 2. The molecule has 3 aliphatic rings. The molecule has 4 heteroatoms. The highest BCUT2D eigenvalue weighted by Crippen LogP contribution is 2.56. The summed E-state index contributed by atoms with van der Waals surface area (Å²) in [4.78, 5) is 28.0. The minimum atomic E-state index is -0.136. The Morgan fingerprint density at radius 3 is 1.50 bits per heavy atom. The maximum Gasteiger partial charge on any atom is 0.196 e. The molecule has 0 aromatic heterocycles. The monoisotopic (exact) mass is 498 g/mol. The highest BCUT2D eigenvalue weighted by atomic mass is 16.1. The number of rotatable bonds is 2. The molecule has 2 aliphatic carbocycles. The fraction of sp³-hybridized carbons (Fsp3) is 0.235. The number of fused-ring (bicyclic) bond motifs is 11. The van der Waals surface area contributed by atoms with E-state index in [0.29, 0.717) is 33.6 Å². The van der Waals surface area contributed by atoms with Gasteiger partial charge in [0.2, 0.25) is 0 Å². The topological polar surface area (TPSA) is 58.2 Å².